The first-order chi connectivity index (χ1) is 14.2. The molecule has 4 rings (SSSR count). The Morgan fingerprint density at radius 2 is 1.90 bits per heavy atom. The monoisotopic (exact) mass is 418 g/mol. The Balaban J connectivity index is 1.32. The summed E-state index contributed by atoms with van der Waals surface area (Å²) in [6, 6.07) is 5.20. The highest BCUT2D eigenvalue weighted by Gasteiger charge is 2.26. The van der Waals surface area contributed by atoms with Crippen LogP contribution in [0.5, 0.6) is 11.8 Å². The van der Waals surface area contributed by atoms with Crippen LogP contribution in [-0.4, -0.2) is 64.5 Å². The minimum absolute atomic E-state index is 0.0210. The van der Waals surface area contributed by atoms with Gasteiger partial charge in [0.25, 0.3) is 5.91 Å². The van der Waals surface area contributed by atoms with Crippen LogP contribution in [0, 0.1) is 0 Å². The third-order valence-corrected chi connectivity index (χ3v) is 5.34. The quantitative estimate of drug-likeness (QED) is 0.737. The number of piperidine rings is 1. The van der Waals surface area contributed by atoms with Crippen molar-refractivity contribution in [2.45, 2.75) is 37.9 Å². The first-order valence-electron chi connectivity index (χ1n) is 9.82. The molecule has 154 valence electrons. The summed E-state index contributed by atoms with van der Waals surface area (Å²) in [6.07, 6.45) is 6.28. The van der Waals surface area contributed by atoms with E-state index in [1.807, 2.05) is 0 Å². The molecule has 0 saturated carbocycles. The molecule has 2 fully saturated rings. The van der Waals surface area contributed by atoms with Crippen LogP contribution in [0.15, 0.2) is 30.6 Å². The number of pyridine rings is 1. The number of halogens is 1. The molecule has 0 bridgehead atoms. The average molecular weight is 419 g/mol. The van der Waals surface area contributed by atoms with Crippen molar-refractivity contribution in [2.24, 2.45) is 0 Å². The lowest BCUT2D eigenvalue weighted by Gasteiger charge is -2.32. The van der Waals surface area contributed by atoms with Crippen molar-refractivity contribution < 1.29 is 19.0 Å². The standard InChI is InChI=1S/C20H23ClN4O4/c21-17-12-14(13-22-19(17)29-16-5-10-27-11-6-16)20(26)25-8-3-15(4-9-25)28-18-2-1-7-23-24-18/h1-2,7,12-13,15-16H,3-6,8-11H2. The number of hydrogen-bond acceptors (Lipinski definition) is 7. The summed E-state index contributed by atoms with van der Waals surface area (Å²) in [7, 11) is 0. The second kappa shape index (κ2) is 9.37. The molecule has 4 heterocycles. The topological polar surface area (TPSA) is 86.7 Å². The van der Waals surface area contributed by atoms with Crippen LogP contribution in [0.25, 0.3) is 0 Å². The first kappa shape index (κ1) is 19.8. The molecule has 2 saturated heterocycles. The summed E-state index contributed by atoms with van der Waals surface area (Å²) in [5.41, 5.74) is 0.461. The van der Waals surface area contributed by atoms with Gasteiger partial charge >= 0.3 is 0 Å². The van der Waals surface area contributed by atoms with Crippen molar-refractivity contribution in [1.82, 2.24) is 20.1 Å². The molecule has 29 heavy (non-hydrogen) atoms. The largest absolute Gasteiger partial charge is 0.473 e. The van der Waals surface area contributed by atoms with Crippen LogP contribution in [-0.2, 0) is 4.74 Å². The number of aromatic nitrogens is 3. The van der Waals surface area contributed by atoms with Gasteiger partial charge in [0.1, 0.15) is 17.2 Å². The Morgan fingerprint density at radius 1 is 1.14 bits per heavy atom. The van der Waals surface area contributed by atoms with E-state index in [-0.39, 0.29) is 18.1 Å². The highest BCUT2D eigenvalue weighted by Crippen LogP contribution is 2.27. The van der Waals surface area contributed by atoms with Gasteiger partial charge in [-0.3, -0.25) is 4.79 Å². The van der Waals surface area contributed by atoms with Gasteiger partial charge < -0.3 is 19.1 Å². The third kappa shape index (κ3) is 5.13. The van der Waals surface area contributed by atoms with Gasteiger partial charge in [-0.15, -0.1) is 5.10 Å². The van der Waals surface area contributed by atoms with Gasteiger partial charge in [0.05, 0.1) is 18.8 Å². The number of rotatable bonds is 5. The second-order valence-corrected chi connectivity index (χ2v) is 7.52. The van der Waals surface area contributed by atoms with Gasteiger partial charge in [-0.25, -0.2) is 4.98 Å². The van der Waals surface area contributed by atoms with Crippen molar-refractivity contribution in [3.8, 4) is 11.8 Å². The molecule has 0 radical (unpaired) electrons. The van der Waals surface area contributed by atoms with Crippen LogP contribution < -0.4 is 9.47 Å². The average Bonchev–Trinajstić information content (AvgIpc) is 2.77. The van der Waals surface area contributed by atoms with Crippen LogP contribution in [0.2, 0.25) is 5.02 Å². The minimum Gasteiger partial charge on any atom is -0.473 e. The highest BCUT2D eigenvalue weighted by atomic mass is 35.5. The highest BCUT2D eigenvalue weighted by molar-refractivity contribution is 6.32. The fourth-order valence-corrected chi connectivity index (χ4v) is 3.67. The van der Waals surface area contributed by atoms with Crippen LogP contribution in [0.3, 0.4) is 0 Å². The zero-order valence-electron chi connectivity index (χ0n) is 16.0. The SMILES string of the molecule is O=C(c1cnc(OC2CCOCC2)c(Cl)c1)N1CCC(Oc2cccnn2)CC1. The molecule has 0 aliphatic carbocycles. The summed E-state index contributed by atoms with van der Waals surface area (Å²) >= 11 is 6.32. The van der Waals surface area contributed by atoms with Gasteiger partial charge in [-0.2, -0.15) is 5.10 Å². The van der Waals surface area contributed by atoms with Crippen molar-refractivity contribution >= 4 is 17.5 Å². The van der Waals surface area contributed by atoms with E-state index in [0.717, 1.165) is 25.7 Å². The van der Waals surface area contributed by atoms with E-state index in [0.29, 0.717) is 48.6 Å². The Morgan fingerprint density at radius 3 is 2.59 bits per heavy atom. The maximum atomic E-state index is 12.8. The Hall–Kier alpha value is -2.45. The van der Waals surface area contributed by atoms with Crippen molar-refractivity contribution in [1.29, 1.82) is 0 Å². The van der Waals surface area contributed by atoms with E-state index >= 15 is 0 Å². The fraction of sp³-hybridized carbons (Fsp3) is 0.500. The number of nitrogens with zero attached hydrogens (tertiary/aromatic N) is 4. The zero-order chi connectivity index (χ0) is 20.1. The molecule has 1 amide bonds. The van der Waals surface area contributed by atoms with Crippen molar-refractivity contribution in [3.63, 3.8) is 0 Å². The number of likely N-dealkylation sites (tertiary alicyclic amines) is 1. The molecular formula is C20H23ClN4O4. The Kier molecular flexibility index (Phi) is 6.41. The lowest BCUT2D eigenvalue weighted by atomic mass is 10.1. The lowest BCUT2D eigenvalue weighted by molar-refractivity contribution is 0.0238. The van der Waals surface area contributed by atoms with Crippen molar-refractivity contribution in [2.75, 3.05) is 26.3 Å². The van der Waals surface area contributed by atoms with Gasteiger partial charge in [-0.05, 0) is 12.1 Å². The summed E-state index contributed by atoms with van der Waals surface area (Å²) < 4.78 is 17.0. The normalized spacial score (nSPS) is 18.4. The van der Waals surface area contributed by atoms with Gasteiger partial charge in [0.2, 0.25) is 11.8 Å². The predicted octanol–water partition coefficient (Wildman–Crippen LogP) is 2.77. The number of carbonyl (C=O) groups is 1. The molecule has 2 aliphatic rings. The number of hydrogen-bond donors (Lipinski definition) is 0. The Labute approximate surface area is 174 Å². The molecule has 0 N–H and O–H groups in total. The van der Waals surface area contributed by atoms with Crippen LogP contribution in [0.1, 0.15) is 36.0 Å². The number of carbonyl (C=O) groups excluding carboxylic acids is 1. The third-order valence-electron chi connectivity index (χ3n) is 5.07. The summed E-state index contributed by atoms with van der Waals surface area (Å²) in [5, 5.41) is 8.10. The molecule has 0 unspecified atom stereocenters. The second-order valence-electron chi connectivity index (χ2n) is 7.11. The maximum absolute atomic E-state index is 12.8. The lowest BCUT2D eigenvalue weighted by Crippen LogP contribution is -2.41. The maximum Gasteiger partial charge on any atom is 0.255 e. The molecule has 0 aromatic carbocycles. The van der Waals surface area contributed by atoms with Crippen LogP contribution in [0.4, 0.5) is 0 Å². The predicted molar refractivity (Wildman–Crippen MR) is 105 cm³/mol. The minimum atomic E-state index is -0.0880. The summed E-state index contributed by atoms with van der Waals surface area (Å²) in [4.78, 5) is 18.9. The van der Waals surface area contributed by atoms with E-state index in [4.69, 9.17) is 25.8 Å². The molecule has 8 nitrogen and oxygen atoms in total. The van der Waals surface area contributed by atoms with Crippen molar-refractivity contribution in [3.05, 3.63) is 41.2 Å². The summed E-state index contributed by atoms with van der Waals surface area (Å²) in [5.74, 6) is 0.787. The van der Waals surface area contributed by atoms with Gasteiger partial charge in [0.15, 0.2) is 0 Å². The molecule has 0 atom stereocenters. The number of amides is 1. The summed E-state index contributed by atoms with van der Waals surface area (Å²) in [6.45, 7) is 2.55. The van der Waals surface area contributed by atoms with Crippen LogP contribution >= 0.6 is 11.6 Å². The molecular weight excluding hydrogens is 396 g/mol. The first-order valence-corrected chi connectivity index (χ1v) is 10.2. The van der Waals surface area contributed by atoms with E-state index in [1.54, 1.807) is 29.3 Å². The Bertz CT molecular complexity index is 824. The molecule has 2 aliphatic heterocycles. The van der Waals surface area contributed by atoms with E-state index in [9.17, 15) is 4.79 Å². The molecule has 0 spiro atoms. The molecule has 2 aromatic heterocycles. The van der Waals surface area contributed by atoms with Gasteiger partial charge in [0, 0.05) is 57.2 Å². The number of ether oxygens (including phenoxy) is 3. The van der Waals surface area contributed by atoms with E-state index in [2.05, 4.69) is 15.2 Å². The zero-order valence-corrected chi connectivity index (χ0v) is 16.8. The van der Waals surface area contributed by atoms with E-state index < -0.39 is 0 Å². The smallest absolute Gasteiger partial charge is 0.255 e. The van der Waals surface area contributed by atoms with E-state index in [1.165, 1.54) is 6.20 Å². The molecule has 9 heteroatoms. The molecule has 2 aromatic rings. The van der Waals surface area contributed by atoms with Gasteiger partial charge in [-0.1, -0.05) is 11.6 Å². The fourth-order valence-electron chi connectivity index (χ4n) is 3.46.